The number of rotatable bonds is 10. The summed E-state index contributed by atoms with van der Waals surface area (Å²) in [6, 6.07) is 14.1. The van der Waals surface area contributed by atoms with Crippen LogP contribution in [0.2, 0.25) is 0 Å². The number of hydrogen-bond donors (Lipinski definition) is 2. The van der Waals surface area contributed by atoms with E-state index in [4.69, 9.17) is 0 Å². The molecule has 0 saturated heterocycles. The number of nitrogens with one attached hydrogen (secondary N) is 2. The first-order chi connectivity index (χ1) is 15.4. The molecular formula is C24H32BrN5O2. The molecule has 8 heteroatoms. The molecule has 0 fully saturated rings. The highest BCUT2D eigenvalue weighted by Crippen LogP contribution is 2.25. The lowest BCUT2D eigenvalue weighted by Crippen LogP contribution is -2.48. The van der Waals surface area contributed by atoms with Crippen molar-refractivity contribution in [2.45, 2.75) is 26.9 Å². The van der Waals surface area contributed by atoms with Gasteiger partial charge in [-0.1, -0.05) is 47.1 Å². The number of hydrogen-bond acceptors (Lipinski definition) is 5. The first-order valence-electron chi connectivity index (χ1n) is 11.0. The fourth-order valence-electron chi connectivity index (χ4n) is 3.85. The minimum absolute atomic E-state index is 0.0550. The smallest absolute Gasteiger partial charge is 0.256 e. The molecule has 0 saturated carbocycles. The largest absolute Gasteiger partial charge is 0.353 e. The fourth-order valence-corrected chi connectivity index (χ4v) is 4.32. The van der Waals surface area contributed by atoms with E-state index in [1.54, 1.807) is 12.1 Å². The van der Waals surface area contributed by atoms with E-state index in [9.17, 15) is 9.59 Å². The number of carbonyl (C=O) groups excluding carboxylic acids is 2. The predicted octanol–water partition coefficient (Wildman–Crippen LogP) is 2.68. The number of benzene rings is 2. The molecular weight excluding hydrogens is 470 g/mol. The van der Waals surface area contributed by atoms with E-state index in [0.717, 1.165) is 28.8 Å². The summed E-state index contributed by atoms with van der Waals surface area (Å²) in [7, 11) is 1.80. The predicted molar refractivity (Wildman–Crippen MR) is 131 cm³/mol. The second-order valence-electron chi connectivity index (χ2n) is 8.00. The molecule has 1 heterocycles. The quantitative estimate of drug-likeness (QED) is 0.490. The van der Waals surface area contributed by atoms with Crippen LogP contribution in [0.5, 0.6) is 0 Å². The van der Waals surface area contributed by atoms with Crippen molar-refractivity contribution < 1.29 is 9.59 Å². The van der Waals surface area contributed by atoms with Gasteiger partial charge < -0.3 is 15.5 Å². The van der Waals surface area contributed by atoms with E-state index in [0.29, 0.717) is 19.6 Å². The maximum absolute atomic E-state index is 13.2. The van der Waals surface area contributed by atoms with Crippen molar-refractivity contribution >= 4 is 33.4 Å². The number of halogens is 1. The van der Waals surface area contributed by atoms with Gasteiger partial charge in [0.05, 0.1) is 13.1 Å². The summed E-state index contributed by atoms with van der Waals surface area (Å²) in [6.07, 6.45) is 0. The molecule has 2 amide bonds. The van der Waals surface area contributed by atoms with Crippen molar-refractivity contribution in [2.75, 3.05) is 44.7 Å². The third-order valence-corrected chi connectivity index (χ3v) is 6.14. The molecule has 1 aliphatic rings. The van der Waals surface area contributed by atoms with Crippen LogP contribution in [0.1, 0.15) is 23.6 Å². The second-order valence-corrected chi connectivity index (χ2v) is 8.91. The number of carbonyl (C=O) groups is 2. The van der Waals surface area contributed by atoms with Crippen LogP contribution in [0.25, 0.3) is 0 Å². The third-order valence-electron chi connectivity index (χ3n) is 5.64. The van der Waals surface area contributed by atoms with Crippen LogP contribution in [0.3, 0.4) is 0 Å². The van der Waals surface area contributed by atoms with E-state index in [1.807, 2.05) is 54.1 Å². The maximum Gasteiger partial charge on any atom is 0.256 e. The van der Waals surface area contributed by atoms with Gasteiger partial charge in [0.15, 0.2) is 0 Å². The van der Waals surface area contributed by atoms with Gasteiger partial charge in [0.25, 0.3) is 5.91 Å². The summed E-state index contributed by atoms with van der Waals surface area (Å²) < 4.78 is 0.965. The Morgan fingerprint density at radius 2 is 1.75 bits per heavy atom. The summed E-state index contributed by atoms with van der Waals surface area (Å²) in [4.78, 5) is 27.7. The molecule has 32 heavy (non-hydrogen) atoms. The summed E-state index contributed by atoms with van der Waals surface area (Å²) >= 11 is 3.49. The van der Waals surface area contributed by atoms with Crippen molar-refractivity contribution in [2.24, 2.45) is 0 Å². The number of fused-ring (bicyclic) bond motifs is 1. The zero-order valence-corrected chi connectivity index (χ0v) is 20.6. The van der Waals surface area contributed by atoms with Gasteiger partial charge in [0.2, 0.25) is 5.91 Å². The van der Waals surface area contributed by atoms with E-state index in [2.05, 4.69) is 38.7 Å². The molecule has 1 aliphatic heterocycles. The summed E-state index contributed by atoms with van der Waals surface area (Å²) in [5.74, 6) is -0.158. The summed E-state index contributed by atoms with van der Waals surface area (Å²) in [6.45, 7) is 7.81. The first kappa shape index (κ1) is 24.2. The fraction of sp³-hybridized carbons (Fsp3) is 0.417. The molecule has 0 atom stereocenters. The third kappa shape index (κ3) is 6.31. The van der Waals surface area contributed by atoms with Gasteiger partial charge in [-0.2, -0.15) is 0 Å². The number of anilines is 1. The van der Waals surface area contributed by atoms with Crippen molar-refractivity contribution in [1.82, 2.24) is 20.7 Å². The van der Waals surface area contributed by atoms with Crippen LogP contribution in [0.4, 0.5) is 5.69 Å². The Morgan fingerprint density at radius 1 is 1.06 bits per heavy atom. The number of hydrazine groups is 1. The Balaban J connectivity index is 1.68. The highest BCUT2D eigenvalue weighted by Gasteiger charge is 2.26. The van der Waals surface area contributed by atoms with E-state index in [1.165, 1.54) is 11.1 Å². The molecule has 7 nitrogen and oxygen atoms in total. The lowest BCUT2D eigenvalue weighted by Gasteiger charge is -2.32. The zero-order valence-electron chi connectivity index (χ0n) is 19.0. The summed E-state index contributed by atoms with van der Waals surface area (Å²) in [5, 5.41) is 9.84. The Kier molecular flexibility index (Phi) is 8.67. The van der Waals surface area contributed by atoms with Gasteiger partial charge >= 0.3 is 0 Å². The van der Waals surface area contributed by atoms with Crippen molar-refractivity contribution in [3.63, 3.8) is 0 Å². The standard InChI is InChI=1S/C24H32BrN5O2/c1-4-26-11-12-27-23(31)16-29(22-10-9-21(25)13-18(22)2)17-24(32)28(3)30-14-19-7-5-6-8-20(19)15-30/h5-10,13,26H,4,11-12,14-17H2,1-3H3,(H,27,31). The molecule has 0 unspecified atom stereocenters. The minimum Gasteiger partial charge on any atom is -0.353 e. The topological polar surface area (TPSA) is 67.9 Å². The van der Waals surface area contributed by atoms with Crippen LogP contribution >= 0.6 is 15.9 Å². The van der Waals surface area contributed by atoms with Crippen LogP contribution in [-0.4, -0.2) is 61.6 Å². The number of amides is 2. The van der Waals surface area contributed by atoms with Gasteiger partial charge in [-0.05, 0) is 48.4 Å². The van der Waals surface area contributed by atoms with Crippen molar-refractivity contribution in [3.05, 3.63) is 63.6 Å². The van der Waals surface area contributed by atoms with Gasteiger partial charge in [-0.3, -0.25) is 14.6 Å². The lowest BCUT2D eigenvalue weighted by molar-refractivity contribution is -0.145. The number of likely N-dealkylation sites (N-methyl/N-ethyl adjacent to an activating group) is 2. The van der Waals surface area contributed by atoms with Crippen molar-refractivity contribution in [1.29, 1.82) is 0 Å². The van der Waals surface area contributed by atoms with Crippen LogP contribution in [-0.2, 0) is 22.7 Å². The number of aryl methyl sites for hydroxylation is 1. The zero-order chi connectivity index (χ0) is 23.1. The average molecular weight is 502 g/mol. The molecule has 0 aliphatic carbocycles. The minimum atomic E-state index is -0.103. The maximum atomic E-state index is 13.2. The van der Waals surface area contributed by atoms with E-state index in [-0.39, 0.29) is 24.9 Å². The van der Waals surface area contributed by atoms with Gasteiger partial charge in [0.1, 0.15) is 0 Å². The Morgan fingerprint density at radius 3 is 2.38 bits per heavy atom. The highest BCUT2D eigenvalue weighted by atomic mass is 79.9. The molecule has 0 radical (unpaired) electrons. The van der Waals surface area contributed by atoms with Gasteiger partial charge in [-0.15, -0.1) is 0 Å². The molecule has 3 rings (SSSR count). The second kappa shape index (κ2) is 11.4. The molecule has 2 aromatic rings. The Hall–Kier alpha value is -2.42. The van der Waals surface area contributed by atoms with Gasteiger partial charge in [0, 0.05) is 43.4 Å². The Bertz CT molecular complexity index is 927. The van der Waals surface area contributed by atoms with Gasteiger partial charge in [-0.25, -0.2) is 5.01 Å². The summed E-state index contributed by atoms with van der Waals surface area (Å²) in [5.41, 5.74) is 4.37. The van der Waals surface area contributed by atoms with E-state index < -0.39 is 0 Å². The molecule has 0 bridgehead atoms. The van der Waals surface area contributed by atoms with E-state index >= 15 is 0 Å². The Labute approximate surface area is 198 Å². The number of nitrogens with zero attached hydrogens (tertiary/aromatic N) is 3. The lowest BCUT2D eigenvalue weighted by atomic mass is 10.1. The molecule has 0 spiro atoms. The average Bonchev–Trinajstić information content (AvgIpc) is 3.20. The SMILES string of the molecule is CCNCCNC(=O)CN(CC(=O)N(C)N1Cc2ccccc2C1)c1ccc(Br)cc1C. The molecule has 0 aromatic heterocycles. The highest BCUT2D eigenvalue weighted by molar-refractivity contribution is 9.10. The van der Waals surface area contributed by atoms with Crippen molar-refractivity contribution in [3.8, 4) is 0 Å². The molecule has 172 valence electrons. The monoisotopic (exact) mass is 501 g/mol. The van der Waals surface area contributed by atoms with Crippen LogP contribution in [0.15, 0.2) is 46.9 Å². The first-order valence-corrected chi connectivity index (χ1v) is 11.7. The van der Waals surface area contributed by atoms with Crippen LogP contribution < -0.4 is 15.5 Å². The van der Waals surface area contributed by atoms with Crippen LogP contribution in [0, 0.1) is 6.92 Å². The molecule has 2 N–H and O–H groups in total. The normalized spacial score (nSPS) is 13.0. The molecule has 2 aromatic carbocycles.